The van der Waals surface area contributed by atoms with E-state index in [-0.39, 0.29) is 5.91 Å². The summed E-state index contributed by atoms with van der Waals surface area (Å²) >= 11 is -5.37. The molecule has 2 nitrogen and oxygen atoms in total. The second kappa shape index (κ2) is 13.6. The summed E-state index contributed by atoms with van der Waals surface area (Å²) in [7, 11) is 16.4. The Labute approximate surface area is 254 Å². The number of nitrogens with one attached hydrogen (secondary N) is 1. The van der Waals surface area contributed by atoms with Crippen LogP contribution in [0.3, 0.4) is 0 Å². The molecule has 1 N–H and O–H groups in total. The molecule has 0 saturated heterocycles. The molecule has 0 bridgehead atoms. The van der Waals surface area contributed by atoms with Crippen LogP contribution in [0.4, 0.5) is 0 Å². The van der Waals surface area contributed by atoms with Crippen LogP contribution in [0.1, 0.15) is 69.4 Å². The second-order valence-corrected chi connectivity index (χ2v) is 46.7. The second-order valence-electron chi connectivity index (χ2n) is 11.4. The Morgan fingerprint density at radius 3 is 1.93 bits per heavy atom. The summed E-state index contributed by atoms with van der Waals surface area (Å²) in [6.07, 6.45) is 9.35. The van der Waals surface area contributed by atoms with E-state index in [0.717, 1.165) is 22.5 Å². The maximum atomic E-state index is 13.9. The van der Waals surface area contributed by atoms with E-state index in [2.05, 4.69) is 101 Å². The number of hydrogen-bond acceptors (Lipinski definition) is 1. The Hall–Kier alpha value is -1.97. The third-order valence-corrected chi connectivity index (χ3v) is 43.4. The molecule has 4 aromatic carbocycles. The molecule has 0 radical (unpaired) electrons. The molecule has 1 aliphatic carbocycles. The van der Waals surface area contributed by atoms with Gasteiger partial charge in [-0.2, -0.15) is 0 Å². The first kappa shape index (κ1) is 30.5. The fraction of sp³-hybridized carbons (Fsp3) is 0.286. The minimum atomic E-state index is -5.37. The van der Waals surface area contributed by atoms with Crippen LogP contribution in [0.15, 0.2) is 103 Å². The molecule has 0 saturated carbocycles. The number of amides is 1. The summed E-state index contributed by atoms with van der Waals surface area (Å²) in [5, 5.41) is 2.33. The Morgan fingerprint density at radius 2 is 1.27 bits per heavy atom. The number of unbranched alkanes of at least 4 members (excludes halogenated alkanes) is 6. The molecular formula is C35H40Cl2NOSiZr. The Kier molecular flexibility index (Phi) is 10.1. The van der Waals surface area contributed by atoms with E-state index in [0.29, 0.717) is 6.42 Å². The summed E-state index contributed by atoms with van der Waals surface area (Å²) in [6.45, 7) is 2.24. The van der Waals surface area contributed by atoms with Crippen molar-refractivity contribution in [2.75, 3.05) is 0 Å². The summed E-state index contributed by atoms with van der Waals surface area (Å²) < 4.78 is 4.51. The average Bonchev–Trinajstić information content (AvgIpc) is 3.36. The van der Waals surface area contributed by atoms with Crippen molar-refractivity contribution in [1.82, 2.24) is 3.26 Å². The van der Waals surface area contributed by atoms with Crippen LogP contribution in [0.2, 0.25) is 0 Å². The minimum absolute atomic E-state index is 0.00771. The standard InChI is InChI=1S/C13H9.C12H11Si.C10H21NO.2ClH.Zr/c1-3-7-12-10(5-1)9-11-6-2-4-8-13(11)12;1-3-7-11(8-4-1)13-12-9-5-2-6-10-12;1-2-3-4-5-6-7-8-9-10(11)12;;;/h1-5,7-8H,9H2;1-10,13H;2-9H2,1H3,(H2,11,12);2*1H;/q;;;;;+3/p-3. The van der Waals surface area contributed by atoms with E-state index in [1.54, 1.807) is 0 Å². The van der Waals surface area contributed by atoms with E-state index < -0.39 is 21.8 Å². The van der Waals surface area contributed by atoms with Crippen LogP contribution < -0.4 is 16.9 Å². The molecular weight excluding hydrogens is 641 g/mol. The zero-order chi connectivity index (χ0) is 28.7. The normalized spacial score (nSPS) is 13.3. The van der Waals surface area contributed by atoms with Gasteiger partial charge in [-0.25, -0.2) is 0 Å². The van der Waals surface area contributed by atoms with E-state index in [4.69, 9.17) is 17.0 Å². The quantitative estimate of drug-likeness (QED) is 0.101. The van der Waals surface area contributed by atoms with Gasteiger partial charge in [-0.3, -0.25) is 0 Å². The number of rotatable bonds is 13. The predicted octanol–water partition coefficient (Wildman–Crippen LogP) is 7.59. The number of carbonyl (C=O) groups excluding carboxylic acids is 1. The Bertz CT molecular complexity index is 1440. The van der Waals surface area contributed by atoms with Crippen molar-refractivity contribution in [2.45, 2.75) is 64.7 Å². The van der Waals surface area contributed by atoms with Crippen molar-refractivity contribution in [3.8, 4) is 11.1 Å². The van der Waals surface area contributed by atoms with Crippen LogP contribution in [-0.4, -0.2) is 11.8 Å². The maximum absolute atomic E-state index is 13.9. The van der Waals surface area contributed by atoms with Crippen LogP contribution in [0.25, 0.3) is 11.1 Å². The van der Waals surface area contributed by atoms with Gasteiger partial charge in [0.1, 0.15) is 0 Å². The zero-order valence-electron chi connectivity index (χ0n) is 23.9. The van der Waals surface area contributed by atoms with Gasteiger partial charge in [-0.1, -0.05) is 0 Å². The number of halogens is 2. The van der Waals surface area contributed by atoms with E-state index in [1.165, 1.54) is 64.7 Å². The van der Waals surface area contributed by atoms with Gasteiger partial charge in [0.25, 0.3) is 0 Å². The molecule has 0 aromatic heterocycles. The molecule has 0 heterocycles. The van der Waals surface area contributed by atoms with E-state index in [9.17, 15) is 4.79 Å². The summed E-state index contributed by atoms with van der Waals surface area (Å²) in [5.74, 6) is -2.37. The van der Waals surface area contributed by atoms with Crippen molar-refractivity contribution < 1.29 is 20.6 Å². The third kappa shape index (κ3) is 6.67. The Morgan fingerprint density at radius 1 is 0.707 bits per heavy atom. The number of hydrogen-bond donors (Lipinski definition) is 1. The number of carbonyl (C=O) groups is 1. The van der Waals surface area contributed by atoms with Gasteiger partial charge in [0.05, 0.1) is 0 Å². The topological polar surface area (TPSA) is 29.1 Å². The molecule has 5 rings (SSSR count). The van der Waals surface area contributed by atoms with Crippen LogP contribution in [-0.2, 0) is 27.1 Å². The number of fused-ring (bicyclic) bond motifs is 3. The molecule has 1 aliphatic rings. The van der Waals surface area contributed by atoms with Gasteiger partial charge in [-0.15, -0.1) is 0 Å². The van der Waals surface area contributed by atoms with Crippen molar-refractivity contribution in [3.63, 3.8) is 0 Å². The molecule has 213 valence electrons. The van der Waals surface area contributed by atoms with E-state index in [1.807, 2.05) is 12.1 Å². The summed E-state index contributed by atoms with van der Waals surface area (Å²) in [5.41, 5.74) is 4.90. The van der Waals surface area contributed by atoms with Gasteiger partial charge in [0.15, 0.2) is 0 Å². The van der Waals surface area contributed by atoms with Gasteiger partial charge in [0.2, 0.25) is 0 Å². The average molecular weight is 681 g/mol. The summed E-state index contributed by atoms with van der Waals surface area (Å²) in [6, 6.07) is 35.9. The molecule has 6 heteroatoms. The first-order valence-corrected chi connectivity index (χ1v) is 29.9. The SMILES string of the molecule is CCCCCCCCCC(=O)[NH][Zr]([Cl])([Cl])([c]1cccc2c1Cc1ccccc1-2)[SiH](c1ccccc1)c1ccccc1. The zero-order valence-corrected chi connectivity index (χ0v) is 29.0. The molecule has 41 heavy (non-hydrogen) atoms. The van der Waals surface area contributed by atoms with Crippen LogP contribution >= 0.6 is 17.0 Å². The predicted molar refractivity (Wildman–Crippen MR) is 176 cm³/mol. The fourth-order valence-corrected chi connectivity index (χ4v) is 44.2. The molecule has 0 spiro atoms. The van der Waals surface area contributed by atoms with Gasteiger partial charge in [-0.05, 0) is 0 Å². The molecule has 0 fully saturated rings. The van der Waals surface area contributed by atoms with Crippen LogP contribution in [0, 0.1) is 0 Å². The fourth-order valence-electron chi connectivity index (χ4n) is 6.51. The monoisotopic (exact) mass is 678 g/mol. The molecule has 0 atom stereocenters. The van der Waals surface area contributed by atoms with Crippen molar-refractivity contribution >= 4 is 42.5 Å². The number of benzene rings is 4. The molecule has 1 amide bonds. The molecule has 4 aromatic rings. The van der Waals surface area contributed by atoms with Gasteiger partial charge >= 0.3 is 256 Å². The first-order valence-electron chi connectivity index (χ1n) is 15.1. The Balaban J connectivity index is 1.57. The molecule has 0 unspecified atom stereocenters. The summed E-state index contributed by atoms with van der Waals surface area (Å²) in [4.78, 5) is 13.9. The molecule has 0 aliphatic heterocycles. The van der Waals surface area contributed by atoms with E-state index >= 15 is 0 Å². The third-order valence-electron chi connectivity index (χ3n) is 8.49. The van der Waals surface area contributed by atoms with Crippen molar-refractivity contribution in [3.05, 3.63) is 114 Å². The van der Waals surface area contributed by atoms with Crippen molar-refractivity contribution in [2.24, 2.45) is 0 Å². The van der Waals surface area contributed by atoms with Gasteiger partial charge < -0.3 is 0 Å². The van der Waals surface area contributed by atoms with Gasteiger partial charge in [0, 0.05) is 0 Å². The van der Waals surface area contributed by atoms with Crippen molar-refractivity contribution in [1.29, 1.82) is 0 Å². The first-order chi connectivity index (χ1) is 19.9. The van der Waals surface area contributed by atoms with Crippen LogP contribution in [0.5, 0.6) is 0 Å².